The Labute approximate surface area is 301 Å². The first-order valence-electron chi connectivity index (χ1n) is 17.9. The summed E-state index contributed by atoms with van der Waals surface area (Å²) in [7, 11) is 9.36. The van der Waals surface area contributed by atoms with E-state index in [1.165, 1.54) is 19.3 Å². The van der Waals surface area contributed by atoms with E-state index in [0.717, 1.165) is 87.0 Å². The van der Waals surface area contributed by atoms with Crippen molar-refractivity contribution < 1.29 is 62.0 Å². The Bertz CT molecular complexity index is 1120. The molecule has 2 heterocycles. The van der Waals surface area contributed by atoms with Gasteiger partial charge in [-0.25, -0.2) is 0 Å². The molecule has 10 atom stereocenters. The smallest absolute Gasteiger partial charge is 0.302 e. The standard InChI is InChI=1S/C36H64N4O4.2BrH/c1-25(41)43-32-24-34(3)12-10-27-28(36(34,5)23-31(32)38-16-20-40(8,9)21-17-38)11-13-35(4)29(27)22-30(33(35)44-26(2)42)37-14-18-39(6,7)19-15-37;;/h27-33H,10-24H2,1-9H3;2*1H/q+2;;/p-2/t27-,28+,29+,30+,31+,32+,33+,34+,35+,36-;;/m1../s1. The van der Waals surface area contributed by atoms with Crippen molar-refractivity contribution in [1.82, 2.24) is 9.80 Å². The normalized spacial score (nSPS) is 45.1. The molecule has 0 N–H and O–H groups in total. The van der Waals surface area contributed by atoms with E-state index in [2.05, 4.69) is 58.8 Å². The van der Waals surface area contributed by atoms with E-state index >= 15 is 0 Å². The second-order valence-electron chi connectivity index (χ2n) is 18.2. The van der Waals surface area contributed by atoms with E-state index in [4.69, 9.17) is 9.47 Å². The van der Waals surface area contributed by atoms with E-state index in [1.807, 2.05) is 0 Å². The lowest BCUT2D eigenvalue weighted by atomic mass is 9.40. The molecular formula is C36H64Br2N4O4. The van der Waals surface area contributed by atoms with Gasteiger partial charge < -0.3 is 52.4 Å². The average molecular weight is 777 g/mol. The molecule has 4 aliphatic carbocycles. The van der Waals surface area contributed by atoms with Crippen molar-refractivity contribution in [1.29, 1.82) is 0 Å². The third kappa shape index (κ3) is 6.76. The lowest BCUT2D eigenvalue weighted by Crippen LogP contribution is -3.00. The van der Waals surface area contributed by atoms with Crippen LogP contribution in [0.5, 0.6) is 0 Å². The number of quaternary nitrogens is 2. The van der Waals surface area contributed by atoms with Crippen molar-refractivity contribution in [3.05, 3.63) is 0 Å². The summed E-state index contributed by atoms with van der Waals surface area (Å²) in [6, 6.07) is 0.626. The molecule has 10 heteroatoms. The second-order valence-corrected chi connectivity index (χ2v) is 18.2. The molecule has 46 heavy (non-hydrogen) atoms. The van der Waals surface area contributed by atoms with Crippen LogP contribution in [0.25, 0.3) is 0 Å². The van der Waals surface area contributed by atoms with Crippen LogP contribution in [0.4, 0.5) is 0 Å². The summed E-state index contributed by atoms with van der Waals surface area (Å²) in [6.45, 7) is 19.8. The zero-order chi connectivity index (χ0) is 31.9. The van der Waals surface area contributed by atoms with Crippen LogP contribution in [0.1, 0.15) is 79.6 Å². The van der Waals surface area contributed by atoms with Gasteiger partial charge in [0.15, 0.2) is 0 Å². The molecule has 0 aromatic heterocycles. The quantitative estimate of drug-likeness (QED) is 0.245. The Morgan fingerprint density at radius 2 is 1.22 bits per heavy atom. The zero-order valence-corrected chi connectivity index (χ0v) is 33.5. The number of carbonyl (C=O) groups excluding carboxylic acids is 2. The van der Waals surface area contributed by atoms with Crippen molar-refractivity contribution in [3.63, 3.8) is 0 Å². The Morgan fingerprint density at radius 1 is 0.696 bits per heavy atom. The highest BCUT2D eigenvalue weighted by molar-refractivity contribution is 5.66. The number of halogens is 2. The van der Waals surface area contributed by atoms with E-state index in [9.17, 15) is 9.59 Å². The minimum atomic E-state index is -0.129. The molecule has 0 spiro atoms. The first-order valence-corrected chi connectivity index (χ1v) is 17.9. The summed E-state index contributed by atoms with van der Waals surface area (Å²) < 4.78 is 14.7. The van der Waals surface area contributed by atoms with Crippen LogP contribution >= 0.6 is 0 Å². The number of likely N-dealkylation sites (N-methyl/N-ethyl adjacent to an activating group) is 2. The SMILES string of the molecule is CC(=O)O[C@H]1C[C@]2(C)CC[C@H]3[C@@H]4C[C@H](N5CC[N+](C)(C)CC5)[C@H](OC(C)=O)[C@@]4(C)CC[C@@H]3[C@@]2(C)C[C@@H]1N1CC[N+](C)(C)CC1.[Br-].[Br-]. The largest absolute Gasteiger partial charge is 1.00 e. The number of hydrogen-bond acceptors (Lipinski definition) is 6. The predicted octanol–water partition coefficient (Wildman–Crippen LogP) is -1.97. The first kappa shape index (κ1) is 38.5. The Kier molecular flexibility index (Phi) is 11.3. The molecule has 266 valence electrons. The van der Waals surface area contributed by atoms with Crippen LogP contribution in [0.15, 0.2) is 0 Å². The van der Waals surface area contributed by atoms with Gasteiger partial charge in [0.25, 0.3) is 0 Å². The van der Waals surface area contributed by atoms with Gasteiger partial charge in [-0.05, 0) is 73.5 Å². The lowest BCUT2D eigenvalue weighted by molar-refractivity contribution is -0.894. The van der Waals surface area contributed by atoms with Gasteiger partial charge in [-0.15, -0.1) is 0 Å². The molecule has 0 unspecified atom stereocenters. The minimum Gasteiger partial charge on any atom is -1.00 e. The molecule has 0 amide bonds. The summed E-state index contributed by atoms with van der Waals surface area (Å²) in [4.78, 5) is 30.3. The highest BCUT2D eigenvalue weighted by atomic mass is 79.9. The van der Waals surface area contributed by atoms with Gasteiger partial charge in [0.1, 0.15) is 12.2 Å². The van der Waals surface area contributed by atoms with Gasteiger partial charge in [-0.3, -0.25) is 19.4 Å². The van der Waals surface area contributed by atoms with Gasteiger partial charge in [0, 0.05) is 57.5 Å². The van der Waals surface area contributed by atoms with Gasteiger partial charge in [0.2, 0.25) is 0 Å². The van der Waals surface area contributed by atoms with Crippen LogP contribution in [0, 0.1) is 34.0 Å². The number of nitrogens with zero attached hydrogens (tertiary/aromatic N) is 4. The number of hydrogen-bond donors (Lipinski definition) is 0. The van der Waals surface area contributed by atoms with E-state index in [1.54, 1.807) is 13.8 Å². The maximum atomic E-state index is 12.6. The number of fused-ring (bicyclic) bond motifs is 5. The van der Waals surface area contributed by atoms with Crippen LogP contribution < -0.4 is 34.0 Å². The lowest BCUT2D eigenvalue weighted by Gasteiger charge is -2.67. The van der Waals surface area contributed by atoms with Crippen molar-refractivity contribution in [2.45, 2.75) is 104 Å². The van der Waals surface area contributed by atoms with E-state index in [-0.39, 0.29) is 74.4 Å². The first-order chi connectivity index (χ1) is 20.5. The molecular weight excluding hydrogens is 712 g/mol. The number of carbonyl (C=O) groups is 2. The number of piperazine rings is 2. The zero-order valence-electron chi connectivity index (χ0n) is 30.3. The summed E-state index contributed by atoms with van der Waals surface area (Å²) in [5.74, 6) is 1.66. The molecule has 8 nitrogen and oxygen atoms in total. The molecule has 6 fully saturated rings. The van der Waals surface area contributed by atoms with Crippen molar-refractivity contribution in [3.8, 4) is 0 Å². The molecule has 0 bridgehead atoms. The van der Waals surface area contributed by atoms with Crippen LogP contribution in [-0.4, -0.2) is 136 Å². The summed E-state index contributed by atoms with van der Waals surface area (Å²) in [5.41, 5.74) is 0.392. The van der Waals surface area contributed by atoms with Crippen molar-refractivity contribution in [2.75, 3.05) is 80.5 Å². The van der Waals surface area contributed by atoms with Crippen molar-refractivity contribution >= 4 is 11.9 Å². The molecule has 2 aliphatic heterocycles. The summed E-state index contributed by atoms with van der Waals surface area (Å²) in [5, 5.41) is 0. The molecule has 0 aromatic rings. The van der Waals surface area contributed by atoms with E-state index < -0.39 is 0 Å². The van der Waals surface area contributed by atoms with Gasteiger partial charge in [0.05, 0.1) is 54.4 Å². The number of esters is 2. The fourth-order valence-corrected chi connectivity index (χ4v) is 11.7. The van der Waals surface area contributed by atoms with Crippen molar-refractivity contribution in [2.24, 2.45) is 34.0 Å². The highest BCUT2D eigenvalue weighted by Crippen LogP contribution is 2.70. The third-order valence-corrected chi connectivity index (χ3v) is 14.8. The minimum absolute atomic E-state index is 0. The maximum absolute atomic E-state index is 12.6. The molecule has 0 radical (unpaired) electrons. The molecule has 6 aliphatic rings. The highest BCUT2D eigenvalue weighted by Gasteiger charge is 2.67. The summed E-state index contributed by atoms with van der Waals surface area (Å²) >= 11 is 0. The van der Waals surface area contributed by atoms with Crippen LogP contribution in [0.2, 0.25) is 0 Å². The van der Waals surface area contributed by atoms with Gasteiger partial charge in [-0.2, -0.15) is 0 Å². The molecule has 0 aromatic carbocycles. The van der Waals surface area contributed by atoms with Gasteiger partial charge in [-0.1, -0.05) is 20.8 Å². The molecule has 6 rings (SSSR count). The molecule has 4 saturated carbocycles. The Hall–Kier alpha value is -0.260. The predicted molar refractivity (Wildman–Crippen MR) is 173 cm³/mol. The monoisotopic (exact) mass is 774 g/mol. The fraction of sp³-hybridized carbons (Fsp3) is 0.944. The van der Waals surface area contributed by atoms with Crippen LogP contribution in [-0.2, 0) is 19.1 Å². The topological polar surface area (TPSA) is 59.1 Å². The Balaban J connectivity index is 0.00000240. The van der Waals surface area contributed by atoms with Gasteiger partial charge >= 0.3 is 11.9 Å². The number of ether oxygens (including phenoxy) is 2. The second kappa shape index (κ2) is 13.5. The fourth-order valence-electron chi connectivity index (χ4n) is 11.7. The molecule has 2 saturated heterocycles. The number of rotatable bonds is 4. The van der Waals surface area contributed by atoms with E-state index in [0.29, 0.717) is 29.8 Å². The summed E-state index contributed by atoms with van der Waals surface area (Å²) in [6.07, 6.45) is 8.03. The Morgan fingerprint density at radius 3 is 1.74 bits per heavy atom. The van der Waals surface area contributed by atoms with Crippen LogP contribution in [0.3, 0.4) is 0 Å². The average Bonchev–Trinajstić information content (AvgIpc) is 3.20. The third-order valence-electron chi connectivity index (χ3n) is 14.8. The maximum Gasteiger partial charge on any atom is 0.302 e.